The van der Waals surface area contributed by atoms with Crippen molar-refractivity contribution < 1.29 is 14.0 Å². The van der Waals surface area contributed by atoms with Gasteiger partial charge in [-0.25, -0.2) is 0 Å². The third-order valence-corrected chi connectivity index (χ3v) is 1.76. The van der Waals surface area contributed by atoms with E-state index in [4.69, 9.17) is 9.22 Å². The van der Waals surface area contributed by atoms with Crippen LogP contribution in [0.15, 0.2) is 11.6 Å². The molecule has 1 N–H and O–H groups in total. The molecule has 1 rings (SSSR count). The van der Waals surface area contributed by atoms with E-state index in [1.165, 1.54) is 0 Å². The number of allylic oxidation sites excluding steroid dienone is 2. The highest BCUT2D eigenvalue weighted by Gasteiger charge is 2.18. The summed E-state index contributed by atoms with van der Waals surface area (Å²) in [7, 11) is 0. The molecule has 0 radical (unpaired) electrons. The molecule has 2 heteroatoms. The Bertz CT molecular complexity index is 242. The summed E-state index contributed by atoms with van der Waals surface area (Å²) in [5.41, 5.74) is 0.407. The fourth-order valence-corrected chi connectivity index (χ4v) is 1.06. The van der Waals surface area contributed by atoms with Crippen molar-refractivity contribution in [2.75, 3.05) is 0 Å². The SMILES string of the molecule is [2H]C([2H])([2H])C1=CC[C@H](C(=O)O)CC1. The van der Waals surface area contributed by atoms with Gasteiger partial charge in [0.15, 0.2) is 0 Å². The highest BCUT2D eigenvalue weighted by Crippen LogP contribution is 2.22. The van der Waals surface area contributed by atoms with Crippen LogP contribution in [-0.4, -0.2) is 11.1 Å². The van der Waals surface area contributed by atoms with Gasteiger partial charge < -0.3 is 5.11 Å². The summed E-state index contributed by atoms with van der Waals surface area (Å²) >= 11 is 0. The molecule has 1 aliphatic carbocycles. The molecule has 1 aliphatic rings. The molecule has 0 aliphatic heterocycles. The highest BCUT2D eigenvalue weighted by atomic mass is 16.4. The van der Waals surface area contributed by atoms with E-state index >= 15 is 0 Å². The fourth-order valence-electron chi connectivity index (χ4n) is 1.06. The number of hydrogen-bond acceptors (Lipinski definition) is 1. The van der Waals surface area contributed by atoms with Crippen LogP contribution in [0.2, 0.25) is 0 Å². The number of carboxylic acids is 1. The Labute approximate surface area is 64.8 Å². The van der Waals surface area contributed by atoms with Crippen molar-refractivity contribution in [3.8, 4) is 0 Å². The van der Waals surface area contributed by atoms with Gasteiger partial charge in [0.2, 0.25) is 0 Å². The van der Waals surface area contributed by atoms with Crippen molar-refractivity contribution in [1.82, 2.24) is 0 Å². The first-order chi connectivity index (χ1) is 5.91. The molecular weight excluding hydrogens is 128 g/mol. The third-order valence-electron chi connectivity index (χ3n) is 1.76. The van der Waals surface area contributed by atoms with Gasteiger partial charge in [0, 0.05) is 4.11 Å². The summed E-state index contributed by atoms with van der Waals surface area (Å²) in [6.07, 6.45) is 2.73. The van der Waals surface area contributed by atoms with Crippen LogP contribution < -0.4 is 0 Å². The molecule has 0 saturated heterocycles. The van der Waals surface area contributed by atoms with Gasteiger partial charge in [-0.05, 0) is 26.1 Å². The molecule has 0 aromatic carbocycles. The van der Waals surface area contributed by atoms with Crippen molar-refractivity contribution in [3.63, 3.8) is 0 Å². The Morgan fingerprint density at radius 2 is 2.80 bits per heavy atom. The minimum absolute atomic E-state index is 0.350. The predicted octanol–water partition coefficient (Wildman–Crippen LogP) is 1.82. The summed E-state index contributed by atoms with van der Waals surface area (Å²) in [6, 6.07) is 0. The van der Waals surface area contributed by atoms with Gasteiger partial charge in [-0.2, -0.15) is 0 Å². The van der Waals surface area contributed by atoms with Crippen molar-refractivity contribution in [2.24, 2.45) is 5.92 Å². The summed E-state index contributed by atoms with van der Waals surface area (Å²) < 4.78 is 21.4. The molecule has 0 heterocycles. The van der Waals surface area contributed by atoms with E-state index in [0.29, 0.717) is 24.8 Å². The Hall–Kier alpha value is -0.790. The molecule has 1 atom stereocenters. The maximum atomic E-state index is 10.5. The predicted molar refractivity (Wildman–Crippen MR) is 38.7 cm³/mol. The molecule has 10 heavy (non-hydrogen) atoms. The first kappa shape index (κ1) is 4.16. The van der Waals surface area contributed by atoms with Crippen LogP contribution in [-0.2, 0) is 4.79 Å². The Balaban J connectivity index is 2.63. The zero-order valence-corrected chi connectivity index (χ0v) is 5.63. The van der Waals surface area contributed by atoms with E-state index < -0.39 is 18.7 Å². The van der Waals surface area contributed by atoms with Crippen molar-refractivity contribution >= 4 is 5.97 Å². The summed E-state index contributed by atoms with van der Waals surface area (Å²) in [6.45, 7) is -2.04. The van der Waals surface area contributed by atoms with Gasteiger partial charge in [-0.1, -0.05) is 11.6 Å². The maximum Gasteiger partial charge on any atom is 0.306 e. The lowest BCUT2D eigenvalue weighted by atomic mass is 9.90. The number of carbonyl (C=O) groups is 1. The molecule has 56 valence electrons. The quantitative estimate of drug-likeness (QED) is 0.568. The first-order valence-electron chi connectivity index (χ1n) is 4.83. The molecule has 0 bridgehead atoms. The van der Waals surface area contributed by atoms with E-state index in [9.17, 15) is 4.79 Å². The second-order valence-corrected chi connectivity index (χ2v) is 2.54. The maximum absolute atomic E-state index is 10.5. The van der Waals surface area contributed by atoms with Crippen LogP contribution in [0.1, 0.15) is 30.2 Å². The van der Waals surface area contributed by atoms with Crippen LogP contribution in [0, 0.1) is 5.92 Å². The van der Waals surface area contributed by atoms with Crippen LogP contribution in [0.3, 0.4) is 0 Å². The van der Waals surface area contributed by atoms with Gasteiger partial charge >= 0.3 is 5.97 Å². The average molecular weight is 143 g/mol. The minimum Gasteiger partial charge on any atom is -0.481 e. The second-order valence-electron chi connectivity index (χ2n) is 2.54. The van der Waals surface area contributed by atoms with Crippen LogP contribution in [0.5, 0.6) is 0 Å². The number of aliphatic carboxylic acids is 1. The van der Waals surface area contributed by atoms with E-state index in [0.717, 1.165) is 0 Å². The Kier molecular flexibility index (Phi) is 1.19. The van der Waals surface area contributed by atoms with E-state index in [1.54, 1.807) is 6.08 Å². The summed E-state index contributed by atoms with van der Waals surface area (Å²) in [5.74, 6) is -1.23. The molecule has 0 fully saturated rings. The van der Waals surface area contributed by atoms with E-state index in [2.05, 4.69) is 0 Å². The minimum atomic E-state index is -2.04. The van der Waals surface area contributed by atoms with E-state index in [1.807, 2.05) is 0 Å². The molecule has 0 aromatic heterocycles. The molecule has 0 saturated carbocycles. The van der Waals surface area contributed by atoms with Crippen molar-refractivity contribution in [3.05, 3.63) is 11.6 Å². The number of hydrogen-bond donors (Lipinski definition) is 1. The average Bonchev–Trinajstić information content (AvgIpc) is 2.03. The summed E-state index contributed by atoms with van der Waals surface area (Å²) in [4.78, 5) is 10.5. The Morgan fingerprint density at radius 1 is 2.00 bits per heavy atom. The molecular formula is C8H12O2. The van der Waals surface area contributed by atoms with Gasteiger partial charge in [0.25, 0.3) is 0 Å². The topological polar surface area (TPSA) is 37.3 Å². The lowest BCUT2D eigenvalue weighted by molar-refractivity contribution is -0.141. The smallest absolute Gasteiger partial charge is 0.306 e. The Morgan fingerprint density at radius 3 is 3.20 bits per heavy atom. The zero-order chi connectivity index (χ0) is 10.1. The lowest BCUT2D eigenvalue weighted by Gasteiger charge is -2.15. The number of carboxylic acid groups (broad SMARTS) is 1. The molecule has 0 aromatic rings. The third kappa shape index (κ3) is 1.59. The van der Waals surface area contributed by atoms with Gasteiger partial charge in [-0.3, -0.25) is 4.79 Å². The van der Waals surface area contributed by atoms with Crippen molar-refractivity contribution in [1.29, 1.82) is 0 Å². The highest BCUT2D eigenvalue weighted by molar-refractivity contribution is 5.70. The van der Waals surface area contributed by atoms with Crippen LogP contribution >= 0.6 is 0 Å². The normalized spacial score (nSPS) is 31.4. The first-order valence-corrected chi connectivity index (χ1v) is 3.33. The molecule has 0 amide bonds. The second kappa shape index (κ2) is 2.86. The van der Waals surface area contributed by atoms with Gasteiger partial charge in [-0.15, -0.1) is 0 Å². The molecule has 0 spiro atoms. The largest absolute Gasteiger partial charge is 0.481 e. The van der Waals surface area contributed by atoms with Gasteiger partial charge in [0.05, 0.1) is 5.92 Å². The van der Waals surface area contributed by atoms with Crippen LogP contribution in [0.25, 0.3) is 0 Å². The number of rotatable bonds is 1. The monoisotopic (exact) mass is 143 g/mol. The zero-order valence-electron chi connectivity index (χ0n) is 8.63. The lowest BCUT2D eigenvalue weighted by Crippen LogP contribution is -2.15. The van der Waals surface area contributed by atoms with Crippen LogP contribution in [0.4, 0.5) is 0 Å². The van der Waals surface area contributed by atoms with E-state index in [-0.39, 0.29) is 0 Å². The molecule has 2 nitrogen and oxygen atoms in total. The van der Waals surface area contributed by atoms with Gasteiger partial charge in [0.1, 0.15) is 0 Å². The standard InChI is InChI=1S/C8H12O2/c1-6-2-4-7(5-3-6)8(9)10/h2,7H,3-5H2,1H3,(H,9,10)/t7-/m0/s1/i1D3. The van der Waals surface area contributed by atoms with Crippen molar-refractivity contribution in [2.45, 2.75) is 26.1 Å². The summed E-state index contributed by atoms with van der Waals surface area (Å²) in [5, 5.41) is 8.66. The fraction of sp³-hybridized carbons (Fsp3) is 0.625. The molecule has 0 unspecified atom stereocenters.